The average Bonchev–Trinajstić information content (AvgIpc) is 2.79. The van der Waals surface area contributed by atoms with E-state index in [0.29, 0.717) is 12.1 Å². The monoisotopic (exact) mass is 272 g/mol. The molecular formula is C15H13FN2S. The first-order valence-corrected chi connectivity index (χ1v) is 6.88. The van der Waals surface area contributed by atoms with Crippen LogP contribution in [0.3, 0.4) is 0 Å². The molecule has 19 heavy (non-hydrogen) atoms. The Balaban J connectivity index is 1.80. The van der Waals surface area contributed by atoms with Gasteiger partial charge in [-0.15, -0.1) is 0 Å². The molecule has 1 N–H and O–H groups in total. The number of aryl methyl sites for hydroxylation is 1. The molecule has 0 aliphatic carbocycles. The van der Waals surface area contributed by atoms with Gasteiger partial charge in [0, 0.05) is 12.1 Å². The van der Waals surface area contributed by atoms with Crippen molar-refractivity contribution in [1.82, 2.24) is 4.98 Å². The molecule has 2 aromatic carbocycles. The number of benzene rings is 2. The lowest BCUT2D eigenvalue weighted by Crippen LogP contribution is -2.00. The lowest BCUT2D eigenvalue weighted by Gasteiger charge is -2.03. The van der Waals surface area contributed by atoms with Crippen LogP contribution in [-0.2, 0) is 6.54 Å². The van der Waals surface area contributed by atoms with Crippen molar-refractivity contribution in [2.24, 2.45) is 0 Å². The van der Waals surface area contributed by atoms with E-state index in [1.54, 1.807) is 23.5 Å². The highest BCUT2D eigenvalue weighted by Crippen LogP contribution is 2.27. The molecule has 0 aliphatic rings. The lowest BCUT2D eigenvalue weighted by atomic mass is 10.2. The SMILES string of the molecule is Cc1ccc2nc(NCc3ccccc3F)sc2c1. The number of rotatable bonds is 3. The molecule has 1 aromatic heterocycles. The number of halogens is 1. The maximum Gasteiger partial charge on any atom is 0.184 e. The quantitative estimate of drug-likeness (QED) is 0.766. The van der Waals surface area contributed by atoms with Crippen LogP contribution >= 0.6 is 11.3 Å². The summed E-state index contributed by atoms with van der Waals surface area (Å²) in [7, 11) is 0. The molecule has 3 aromatic rings. The van der Waals surface area contributed by atoms with E-state index >= 15 is 0 Å². The summed E-state index contributed by atoms with van der Waals surface area (Å²) < 4.78 is 14.6. The van der Waals surface area contributed by atoms with E-state index in [2.05, 4.69) is 23.3 Å². The molecule has 96 valence electrons. The minimum atomic E-state index is -0.188. The second-order valence-electron chi connectivity index (χ2n) is 4.44. The fraction of sp³-hybridized carbons (Fsp3) is 0.133. The second kappa shape index (κ2) is 4.97. The van der Waals surface area contributed by atoms with E-state index in [9.17, 15) is 4.39 Å². The molecule has 0 bridgehead atoms. The summed E-state index contributed by atoms with van der Waals surface area (Å²) in [5.41, 5.74) is 2.85. The number of aromatic nitrogens is 1. The molecule has 0 amide bonds. The van der Waals surface area contributed by atoms with Gasteiger partial charge in [0.2, 0.25) is 0 Å². The van der Waals surface area contributed by atoms with Crippen LogP contribution in [-0.4, -0.2) is 4.98 Å². The zero-order valence-corrected chi connectivity index (χ0v) is 11.3. The van der Waals surface area contributed by atoms with E-state index in [4.69, 9.17) is 0 Å². The Morgan fingerprint density at radius 1 is 1.21 bits per heavy atom. The molecular weight excluding hydrogens is 259 g/mol. The van der Waals surface area contributed by atoms with Crippen LogP contribution in [0.5, 0.6) is 0 Å². The molecule has 0 radical (unpaired) electrons. The highest BCUT2D eigenvalue weighted by Gasteiger charge is 2.05. The Hall–Kier alpha value is -1.94. The summed E-state index contributed by atoms with van der Waals surface area (Å²) in [6.45, 7) is 2.51. The third-order valence-corrected chi connectivity index (χ3v) is 3.91. The number of fused-ring (bicyclic) bond motifs is 1. The number of hydrogen-bond acceptors (Lipinski definition) is 3. The molecule has 0 unspecified atom stereocenters. The second-order valence-corrected chi connectivity index (χ2v) is 5.47. The van der Waals surface area contributed by atoms with Gasteiger partial charge in [0.15, 0.2) is 5.13 Å². The largest absolute Gasteiger partial charge is 0.357 e. The Morgan fingerprint density at radius 2 is 2.05 bits per heavy atom. The maximum atomic E-state index is 13.5. The van der Waals surface area contributed by atoms with Gasteiger partial charge < -0.3 is 5.32 Å². The molecule has 4 heteroatoms. The predicted molar refractivity (Wildman–Crippen MR) is 78.1 cm³/mol. The number of thiazole rings is 1. The van der Waals surface area contributed by atoms with E-state index < -0.39 is 0 Å². The maximum absolute atomic E-state index is 13.5. The van der Waals surface area contributed by atoms with E-state index in [-0.39, 0.29) is 5.82 Å². The first kappa shape index (κ1) is 12.1. The molecule has 0 atom stereocenters. The van der Waals surface area contributed by atoms with Crippen LogP contribution in [0.2, 0.25) is 0 Å². The Kier molecular flexibility index (Phi) is 3.17. The van der Waals surface area contributed by atoms with Gasteiger partial charge in [-0.3, -0.25) is 0 Å². The van der Waals surface area contributed by atoms with Crippen LogP contribution < -0.4 is 5.32 Å². The Bertz CT molecular complexity index is 721. The van der Waals surface area contributed by atoms with Crippen LogP contribution in [0.15, 0.2) is 42.5 Å². The van der Waals surface area contributed by atoms with Crippen molar-refractivity contribution in [2.75, 3.05) is 5.32 Å². The van der Waals surface area contributed by atoms with Crippen molar-refractivity contribution in [3.8, 4) is 0 Å². The lowest BCUT2D eigenvalue weighted by molar-refractivity contribution is 0.613. The van der Waals surface area contributed by atoms with Crippen molar-refractivity contribution in [1.29, 1.82) is 0 Å². The van der Waals surface area contributed by atoms with E-state index in [1.165, 1.54) is 11.6 Å². The van der Waals surface area contributed by atoms with Crippen molar-refractivity contribution < 1.29 is 4.39 Å². The van der Waals surface area contributed by atoms with Gasteiger partial charge in [-0.05, 0) is 30.7 Å². The van der Waals surface area contributed by atoms with Gasteiger partial charge in [-0.2, -0.15) is 0 Å². The molecule has 0 fully saturated rings. The van der Waals surface area contributed by atoms with Crippen LogP contribution in [0.1, 0.15) is 11.1 Å². The van der Waals surface area contributed by atoms with Crippen molar-refractivity contribution in [3.05, 3.63) is 59.4 Å². The van der Waals surface area contributed by atoms with Crippen LogP contribution in [0.25, 0.3) is 10.2 Å². The summed E-state index contributed by atoms with van der Waals surface area (Å²) in [6.07, 6.45) is 0. The molecule has 0 saturated heterocycles. The highest BCUT2D eigenvalue weighted by atomic mass is 32.1. The van der Waals surface area contributed by atoms with Gasteiger partial charge in [-0.1, -0.05) is 35.6 Å². The van der Waals surface area contributed by atoms with Crippen molar-refractivity contribution >= 4 is 26.7 Å². The Morgan fingerprint density at radius 3 is 2.89 bits per heavy atom. The minimum Gasteiger partial charge on any atom is -0.357 e. The fourth-order valence-electron chi connectivity index (χ4n) is 1.92. The van der Waals surface area contributed by atoms with Crippen LogP contribution in [0, 0.1) is 12.7 Å². The molecule has 2 nitrogen and oxygen atoms in total. The first-order valence-electron chi connectivity index (χ1n) is 6.07. The van der Waals surface area contributed by atoms with E-state index in [0.717, 1.165) is 15.3 Å². The minimum absolute atomic E-state index is 0.188. The normalized spacial score (nSPS) is 10.8. The van der Waals surface area contributed by atoms with Gasteiger partial charge in [0.05, 0.1) is 10.2 Å². The zero-order chi connectivity index (χ0) is 13.2. The molecule has 3 rings (SSSR count). The fourth-order valence-corrected chi connectivity index (χ4v) is 2.88. The number of anilines is 1. The summed E-state index contributed by atoms with van der Waals surface area (Å²) >= 11 is 1.59. The molecule has 0 spiro atoms. The third-order valence-electron chi connectivity index (χ3n) is 2.93. The standard InChI is InChI=1S/C15H13FN2S/c1-10-6-7-13-14(8-10)19-15(18-13)17-9-11-4-2-3-5-12(11)16/h2-8H,9H2,1H3,(H,17,18). The molecule has 1 heterocycles. The molecule has 0 aliphatic heterocycles. The van der Waals surface area contributed by atoms with Gasteiger partial charge in [-0.25, -0.2) is 9.37 Å². The first-order chi connectivity index (χ1) is 9.22. The number of hydrogen-bond donors (Lipinski definition) is 1. The summed E-state index contributed by atoms with van der Waals surface area (Å²) in [6, 6.07) is 12.9. The zero-order valence-electron chi connectivity index (χ0n) is 10.5. The molecule has 0 saturated carbocycles. The summed E-state index contributed by atoms with van der Waals surface area (Å²) in [5.74, 6) is -0.188. The number of nitrogens with zero attached hydrogens (tertiary/aromatic N) is 1. The number of nitrogens with one attached hydrogen (secondary N) is 1. The highest BCUT2D eigenvalue weighted by molar-refractivity contribution is 7.22. The smallest absolute Gasteiger partial charge is 0.184 e. The van der Waals surface area contributed by atoms with Gasteiger partial charge in [0.1, 0.15) is 5.82 Å². The van der Waals surface area contributed by atoms with Crippen LogP contribution in [0.4, 0.5) is 9.52 Å². The van der Waals surface area contributed by atoms with Gasteiger partial charge in [0.25, 0.3) is 0 Å². The average molecular weight is 272 g/mol. The van der Waals surface area contributed by atoms with Crippen molar-refractivity contribution in [3.63, 3.8) is 0 Å². The summed E-state index contributed by atoms with van der Waals surface area (Å²) in [4.78, 5) is 4.48. The summed E-state index contributed by atoms with van der Waals surface area (Å²) in [5, 5.41) is 4.00. The predicted octanol–water partition coefficient (Wildman–Crippen LogP) is 4.36. The van der Waals surface area contributed by atoms with E-state index in [1.807, 2.05) is 18.2 Å². The van der Waals surface area contributed by atoms with Crippen molar-refractivity contribution in [2.45, 2.75) is 13.5 Å². The Labute approximate surface area is 114 Å². The third kappa shape index (κ3) is 2.58. The topological polar surface area (TPSA) is 24.9 Å². The van der Waals surface area contributed by atoms with Gasteiger partial charge >= 0.3 is 0 Å².